The van der Waals surface area contributed by atoms with Gasteiger partial charge in [-0.1, -0.05) is 24.3 Å². The molecule has 5 nitrogen and oxygen atoms in total. The Bertz CT molecular complexity index is 859. The summed E-state index contributed by atoms with van der Waals surface area (Å²) < 4.78 is 15.1. The van der Waals surface area contributed by atoms with Crippen molar-refractivity contribution in [1.29, 1.82) is 0 Å². The van der Waals surface area contributed by atoms with E-state index in [9.17, 15) is 9.18 Å². The van der Waals surface area contributed by atoms with Gasteiger partial charge in [-0.2, -0.15) is 0 Å². The molecule has 0 aliphatic heterocycles. The molecule has 2 aromatic carbocycles. The fraction of sp³-hybridized carbons (Fsp3) is 0.167. The molecule has 1 heterocycles. The van der Waals surface area contributed by atoms with Crippen LogP contribution in [0.1, 0.15) is 12.5 Å². The number of rotatable bonds is 5. The number of benzene rings is 2. The molecule has 0 saturated carbocycles. The van der Waals surface area contributed by atoms with E-state index >= 15 is 0 Å². The zero-order chi connectivity index (χ0) is 16.9. The highest BCUT2D eigenvalue weighted by Crippen LogP contribution is 2.21. The standard InChI is InChI=1S/C18H17FN4O/c1-2-23-12-20-22-18(23)14-6-4-8-16(11-14)21-17(24)10-13-5-3-7-15(19)9-13/h3-9,11-12H,2,10H2,1H3,(H,21,24). The quantitative estimate of drug-likeness (QED) is 0.783. The topological polar surface area (TPSA) is 59.8 Å². The maximum absolute atomic E-state index is 13.2. The molecule has 6 heteroatoms. The summed E-state index contributed by atoms with van der Waals surface area (Å²) in [6, 6.07) is 13.5. The lowest BCUT2D eigenvalue weighted by molar-refractivity contribution is -0.115. The molecular formula is C18H17FN4O. The fourth-order valence-corrected chi connectivity index (χ4v) is 2.48. The molecule has 0 unspecified atom stereocenters. The Morgan fingerprint density at radius 3 is 2.83 bits per heavy atom. The number of halogens is 1. The molecule has 0 aliphatic carbocycles. The van der Waals surface area contributed by atoms with Gasteiger partial charge in [-0.3, -0.25) is 4.79 Å². The monoisotopic (exact) mass is 324 g/mol. The Balaban J connectivity index is 1.74. The summed E-state index contributed by atoms with van der Waals surface area (Å²) >= 11 is 0. The number of anilines is 1. The van der Waals surface area contributed by atoms with Crippen LogP contribution in [0.5, 0.6) is 0 Å². The van der Waals surface area contributed by atoms with Crippen molar-refractivity contribution >= 4 is 11.6 Å². The van der Waals surface area contributed by atoms with Gasteiger partial charge in [-0.15, -0.1) is 10.2 Å². The highest BCUT2D eigenvalue weighted by atomic mass is 19.1. The van der Waals surface area contributed by atoms with E-state index in [4.69, 9.17) is 0 Å². The molecule has 0 saturated heterocycles. The number of nitrogens with zero attached hydrogens (tertiary/aromatic N) is 3. The van der Waals surface area contributed by atoms with Crippen molar-refractivity contribution in [3.05, 3.63) is 66.2 Å². The van der Waals surface area contributed by atoms with Crippen LogP contribution in [0.2, 0.25) is 0 Å². The average molecular weight is 324 g/mol. The SMILES string of the molecule is CCn1cnnc1-c1cccc(NC(=O)Cc2cccc(F)c2)c1. The van der Waals surface area contributed by atoms with Gasteiger partial charge in [-0.25, -0.2) is 4.39 Å². The van der Waals surface area contributed by atoms with Crippen LogP contribution in [0.25, 0.3) is 11.4 Å². The number of carbonyl (C=O) groups excluding carboxylic acids is 1. The second-order valence-corrected chi connectivity index (χ2v) is 5.38. The predicted molar refractivity (Wildman–Crippen MR) is 89.9 cm³/mol. The van der Waals surface area contributed by atoms with Crippen molar-refractivity contribution in [2.75, 3.05) is 5.32 Å². The Labute approximate surface area is 139 Å². The molecule has 0 atom stereocenters. The van der Waals surface area contributed by atoms with E-state index < -0.39 is 0 Å². The van der Waals surface area contributed by atoms with Gasteiger partial charge in [0.25, 0.3) is 0 Å². The van der Waals surface area contributed by atoms with E-state index in [2.05, 4.69) is 15.5 Å². The Hall–Kier alpha value is -3.02. The van der Waals surface area contributed by atoms with Crippen molar-refractivity contribution in [2.24, 2.45) is 0 Å². The minimum Gasteiger partial charge on any atom is -0.326 e. The van der Waals surface area contributed by atoms with Gasteiger partial charge in [0.2, 0.25) is 5.91 Å². The molecule has 3 rings (SSSR count). The number of nitrogens with one attached hydrogen (secondary N) is 1. The average Bonchev–Trinajstić information content (AvgIpc) is 3.03. The van der Waals surface area contributed by atoms with E-state index in [-0.39, 0.29) is 18.1 Å². The third-order valence-corrected chi connectivity index (χ3v) is 3.61. The lowest BCUT2D eigenvalue weighted by Crippen LogP contribution is -2.14. The Morgan fingerprint density at radius 2 is 2.04 bits per heavy atom. The Morgan fingerprint density at radius 1 is 1.21 bits per heavy atom. The summed E-state index contributed by atoms with van der Waals surface area (Å²) in [6.07, 6.45) is 1.79. The second-order valence-electron chi connectivity index (χ2n) is 5.38. The molecule has 0 spiro atoms. The maximum atomic E-state index is 13.2. The van der Waals surface area contributed by atoms with Crippen LogP contribution in [-0.4, -0.2) is 20.7 Å². The van der Waals surface area contributed by atoms with Crippen LogP contribution in [0, 0.1) is 5.82 Å². The summed E-state index contributed by atoms with van der Waals surface area (Å²) in [7, 11) is 0. The number of carbonyl (C=O) groups is 1. The largest absolute Gasteiger partial charge is 0.326 e. The van der Waals surface area contributed by atoms with E-state index in [0.717, 1.165) is 17.9 Å². The maximum Gasteiger partial charge on any atom is 0.228 e. The smallest absolute Gasteiger partial charge is 0.228 e. The number of hydrogen-bond acceptors (Lipinski definition) is 3. The van der Waals surface area contributed by atoms with Crippen LogP contribution in [0.4, 0.5) is 10.1 Å². The third kappa shape index (κ3) is 3.65. The summed E-state index contributed by atoms with van der Waals surface area (Å²) in [5, 5.41) is 10.9. The first-order chi connectivity index (χ1) is 11.7. The van der Waals surface area contributed by atoms with E-state index in [1.165, 1.54) is 12.1 Å². The van der Waals surface area contributed by atoms with Crippen LogP contribution in [0.15, 0.2) is 54.9 Å². The second kappa shape index (κ2) is 7.04. The molecular weight excluding hydrogens is 307 g/mol. The van der Waals surface area contributed by atoms with Gasteiger partial charge < -0.3 is 9.88 Å². The normalized spacial score (nSPS) is 10.6. The minimum absolute atomic E-state index is 0.118. The molecule has 0 bridgehead atoms. The van der Waals surface area contributed by atoms with Crippen LogP contribution >= 0.6 is 0 Å². The summed E-state index contributed by atoms with van der Waals surface area (Å²) in [6.45, 7) is 2.77. The highest BCUT2D eigenvalue weighted by Gasteiger charge is 2.09. The van der Waals surface area contributed by atoms with Crippen molar-refractivity contribution in [3.63, 3.8) is 0 Å². The van der Waals surface area contributed by atoms with Gasteiger partial charge in [0.05, 0.1) is 6.42 Å². The van der Waals surface area contributed by atoms with Crippen molar-refractivity contribution in [1.82, 2.24) is 14.8 Å². The van der Waals surface area contributed by atoms with Crippen LogP contribution in [0.3, 0.4) is 0 Å². The molecule has 1 aromatic heterocycles. The fourth-order valence-electron chi connectivity index (χ4n) is 2.48. The van der Waals surface area contributed by atoms with Gasteiger partial charge in [0, 0.05) is 17.8 Å². The summed E-state index contributed by atoms with van der Waals surface area (Å²) in [5.41, 5.74) is 2.17. The van der Waals surface area contributed by atoms with Crippen molar-refractivity contribution in [2.45, 2.75) is 19.9 Å². The highest BCUT2D eigenvalue weighted by molar-refractivity contribution is 5.92. The molecule has 122 valence electrons. The lowest BCUT2D eigenvalue weighted by Gasteiger charge is -2.08. The van der Waals surface area contributed by atoms with Crippen molar-refractivity contribution < 1.29 is 9.18 Å². The number of amides is 1. The summed E-state index contributed by atoms with van der Waals surface area (Å²) in [4.78, 5) is 12.1. The molecule has 0 fully saturated rings. The number of hydrogen-bond donors (Lipinski definition) is 1. The zero-order valence-electron chi connectivity index (χ0n) is 13.2. The lowest BCUT2D eigenvalue weighted by atomic mass is 10.1. The number of aromatic nitrogens is 3. The van der Waals surface area contributed by atoms with E-state index in [1.54, 1.807) is 24.5 Å². The van der Waals surface area contributed by atoms with Gasteiger partial charge in [-0.05, 0) is 36.8 Å². The first-order valence-corrected chi connectivity index (χ1v) is 7.68. The van der Waals surface area contributed by atoms with E-state index in [1.807, 2.05) is 29.7 Å². The van der Waals surface area contributed by atoms with E-state index in [0.29, 0.717) is 11.3 Å². The summed E-state index contributed by atoms with van der Waals surface area (Å²) in [5.74, 6) is 0.203. The van der Waals surface area contributed by atoms with Crippen molar-refractivity contribution in [3.8, 4) is 11.4 Å². The molecule has 24 heavy (non-hydrogen) atoms. The van der Waals surface area contributed by atoms with Crippen LogP contribution in [-0.2, 0) is 17.8 Å². The van der Waals surface area contributed by atoms with Crippen LogP contribution < -0.4 is 5.32 Å². The predicted octanol–water partition coefficient (Wildman–Crippen LogP) is 3.29. The molecule has 0 aliphatic rings. The first-order valence-electron chi connectivity index (χ1n) is 7.68. The third-order valence-electron chi connectivity index (χ3n) is 3.61. The molecule has 3 aromatic rings. The first kappa shape index (κ1) is 15.9. The molecule has 0 radical (unpaired) electrons. The van der Waals surface area contributed by atoms with Gasteiger partial charge in [0.1, 0.15) is 12.1 Å². The molecule has 1 amide bonds. The minimum atomic E-state index is -0.346. The Kier molecular flexibility index (Phi) is 4.65. The zero-order valence-corrected chi connectivity index (χ0v) is 13.2. The molecule has 1 N–H and O–H groups in total. The van der Waals surface area contributed by atoms with Gasteiger partial charge >= 0.3 is 0 Å². The number of aryl methyl sites for hydroxylation is 1. The van der Waals surface area contributed by atoms with Gasteiger partial charge in [0.15, 0.2) is 5.82 Å².